The molecular formula is C23H20FN3O4S. The SMILES string of the molecule is CN1C(=O)N(Cc2ccccc2)S(=O)(=O)c2cc(C(=O)NCc3ccc(F)cc3)ccc21. The van der Waals surface area contributed by atoms with E-state index in [-0.39, 0.29) is 35.1 Å². The highest BCUT2D eigenvalue weighted by molar-refractivity contribution is 7.90. The predicted molar refractivity (Wildman–Crippen MR) is 117 cm³/mol. The molecule has 32 heavy (non-hydrogen) atoms. The average Bonchev–Trinajstić information content (AvgIpc) is 2.80. The molecule has 0 fully saturated rings. The minimum atomic E-state index is -4.17. The summed E-state index contributed by atoms with van der Waals surface area (Å²) in [5, 5.41) is 2.69. The Kier molecular flexibility index (Phi) is 5.67. The lowest BCUT2D eigenvalue weighted by Crippen LogP contribution is -2.48. The molecule has 9 heteroatoms. The fourth-order valence-corrected chi connectivity index (χ4v) is 5.05. The quantitative estimate of drug-likeness (QED) is 0.641. The van der Waals surface area contributed by atoms with Crippen LogP contribution in [-0.4, -0.2) is 31.7 Å². The Morgan fingerprint density at radius 2 is 1.66 bits per heavy atom. The molecule has 1 aliphatic heterocycles. The molecule has 164 valence electrons. The van der Waals surface area contributed by atoms with Gasteiger partial charge >= 0.3 is 6.03 Å². The Labute approximate surface area is 185 Å². The van der Waals surface area contributed by atoms with Crippen molar-refractivity contribution in [3.8, 4) is 0 Å². The average molecular weight is 453 g/mol. The number of hydrogen-bond acceptors (Lipinski definition) is 4. The summed E-state index contributed by atoms with van der Waals surface area (Å²) in [5.74, 6) is -0.861. The molecule has 1 heterocycles. The van der Waals surface area contributed by atoms with Gasteiger partial charge in [0.1, 0.15) is 10.7 Å². The van der Waals surface area contributed by atoms with Gasteiger partial charge in [0.15, 0.2) is 0 Å². The zero-order valence-electron chi connectivity index (χ0n) is 17.2. The number of sulfonamides is 1. The molecular weight excluding hydrogens is 433 g/mol. The van der Waals surface area contributed by atoms with Gasteiger partial charge in [-0.25, -0.2) is 21.9 Å². The van der Waals surface area contributed by atoms with E-state index in [0.717, 1.165) is 4.31 Å². The molecule has 7 nitrogen and oxygen atoms in total. The van der Waals surface area contributed by atoms with Crippen LogP contribution < -0.4 is 10.2 Å². The van der Waals surface area contributed by atoms with Crippen LogP contribution in [0.4, 0.5) is 14.9 Å². The molecule has 0 saturated carbocycles. The first-order valence-corrected chi connectivity index (χ1v) is 11.2. The molecule has 3 aromatic rings. The third-order valence-electron chi connectivity index (χ3n) is 5.19. The number of anilines is 1. The van der Waals surface area contributed by atoms with Gasteiger partial charge in [-0.15, -0.1) is 0 Å². The van der Waals surface area contributed by atoms with Crippen molar-refractivity contribution in [3.63, 3.8) is 0 Å². The van der Waals surface area contributed by atoms with Crippen LogP contribution in [0, 0.1) is 5.82 Å². The van der Waals surface area contributed by atoms with Gasteiger partial charge in [0.25, 0.3) is 15.9 Å². The van der Waals surface area contributed by atoms with Crippen LogP contribution in [-0.2, 0) is 23.1 Å². The second kappa shape index (κ2) is 8.43. The Hall–Kier alpha value is -3.72. The number of urea groups is 1. The van der Waals surface area contributed by atoms with E-state index >= 15 is 0 Å². The van der Waals surface area contributed by atoms with E-state index in [0.29, 0.717) is 11.1 Å². The zero-order valence-corrected chi connectivity index (χ0v) is 18.0. The number of benzene rings is 3. The van der Waals surface area contributed by atoms with Gasteiger partial charge in [-0.2, -0.15) is 0 Å². The van der Waals surface area contributed by atoms with Gasteiger partial charge in [0, 0.05) is 19.2 Å². The van der Waals surface area contributed by atoms with E-state index in [4.69, 9.17) is 0 Å². The van der Waals surface area contributed by atoms with E-state index in [1.165, 1.54) is 42.3 Å². The van der Waals surface area contributed by atoms with Gasteiger partial charge < -0.3 is 5.32 Å². The highest BCUT2D eigenvalue weighted by Crippen LogP contribution is 2.35. The number of amides is 3. The minimum Gasteiger partial charge on any atom is -0.348 e. The summed E-state index contributed by atoms with van der Waals surface area (Å²) in [4.78, 5) is 26.5. The molecule has 0 aliphatic carbocycles. The molecule has 1 aliphatic rings. The second-order valence-corrected chi connectivity index (χ2v) is 9.16. The van der Waals surface area contributed by atoms with Gasteiger partial charge in [-0.3, -0.25) is 9.69 Å². The molecule has 4 rings (SSSR count). The van der Waals surface area contributed by atoms with Crippen molar-refractivity contribution in [2.24, 2.45) is 0 Å². The maximum atomic E-state index is 13.3. The topological polar surface area (TPSA) is 86.8 Å². The van der Waals surface area contributed by atoms with Crippen molar-refractivity contribution in [2.45, 2.75) is 18.0 Å². The van der Waals surface area contributed by atoms with Crippen molar-refractivity contribution >= 4 is 27.6 Å². The minimum absolute atomic E-state index is 0.118. The summed E-state index contributed by atoms with van der Waals surface area (Å²) in [7, 11) is -2.68. The maximum absolute atomic E-state index is 13.3. The highest BCUT2D eigenvalue weighted by Gasteiger charge is 2.40. The summed E-state index contributed by atoms with van der Waals surface area (Å²) in [6.07, 6.45) is 0. The standard InChI is InChI=1S/C23H20FN3O4S/c1-26-20-12-9-18(22(28)25-14-16-7-10-19(24)11-8-16)13-21(20)32(30,31)27(23(26)29)15-17-5-3-2-4-6-17/h2-13H,14-15H2,1H3,(H,25,28). The van der Waals surface area contributed by atoms with E-state index in [1.54, 1.807) is 42.5 Å². The molecule has 3 amide bonds. The van der Waals surface area contributed by atoms with Crippen molar-refractivity contribution in [1.29, 1.82) is 0 Å². The highest BCUT2D eigenvalue weighted by atomic mass is 32.2. The van der Waals surface area contributed by atoms with Crippen molar-refractivity contribution in [2.75, 3.05) is 11.9 Å². The fourth-order valence-electron chi connectivity index (χ4n) is 3.42. The van der Waals surface area contributed by atoms with Crippen molar-refractivity contribution in [3.05, 3.63) is 95.3 Å². The van der Waals surface area contributed by atoms with Crippen LogP contribution in [0.5, 0.6) is 0 Å². The molecule has 3 aromatic carbocycles. The Balaban J connectivity index is 1.61. The number of rotatable bonds is 5. The summed E-state index contributed by atoms with van der Waals surface area (Å²) in [6, 6.07) is 18.0. The smallest absolute Gasteiger partial charge is 0.338 e. The Bertz CT molecular complexity index is 1280. The number of nitrogens with one attached hydrogen (secondary N) is 1. The lowest BCUT2D eigenvalue weighted by Gasteiger charge is -2.34. The van der Waals surface area contributed by atoms with E-state index < -0.39 is 22.0 Å². The summed E-state index contributed by atoms with van der Waals surface area (Å²) in [6.45, 7) is 0.0360. The molecule has 0 bridgehead atoms. The first-order valence-electron chi connectivity index (χ1n) is 9.78. The summed E-state index contributed by atoms with van der Waals surface area (Å²) in [5.41, 5.74) is 1.70. The van der Waals surface area contributed by atoms with Crippen LogP contribution in [0.15, 0.2) is 77.7 Å². The second-order valence-electron chi connectivity index (χ2n) is 7.33. The number of fused-ring (bicyclic) bond motifs is 1. The number of nitrogens with zero attached hydrogens (tertiary/aromatic N) is 2. The molecule has 0 unspecified atom stereocenters. The Morgan fingerprint density at radius 1 is 0.969 bits per heavy atom. The van der Waals surface area contributed by atoms with Crippen LogP contribution in [0.1, 0.15) is 21.5 Å². The third kappa shape index (κ3) is 4.06. The lowest BCUT2D eigenvalue weighted by atomic mass is 10.1. The molecule has 0 saturated heterocycles. The molecule has 0 aromatic heterocycles. The van der Waals surface area contributed by atoms with E-state index in [1.807, 2.05) is 0 Å². The fraction of sp³-hybridized carbons (Fsp3) is 0.130. The lowest BCUT2D eigenvalue weighted by molar-refractivity contribution is 0.0950. The molecule has 1 N–H and O–H groups in total. The maximum Gasteiger partial charge on any atom is 0.338 e. The van der Waals surface area contributed by atoms with Crippen LogP contribution in [0.2, 0.25) is 0 Å². The van der Waals surface area contributed by atoms with Gasteiger partial charge in [0.2, 0.25) is 0 Å². The Morgan fingerprint density at radius 3 is 2.34 bits per heavy atom. The molecule has 0 spiro atoms. The summed E-state index contributed by atoms with van der Waals surface area (Å²) < 4.78 is 40.4. The van der Waals surface area contributed by atoms with Gasteiger partial charge in [0.05, 0.1) is 12.2 Å². The van der Waals surface area contributed by atoms with Gasteiger partial charge in [-0.1, -0.05) is 42.5 Å². The first-order chi connectivity index (χ1) is 15.3. The van der Waals surface area contributed by atoms with Crippen molar-refractivity contribution < 1.29 is 22.4 Å². The number of halogens is 1. The molecule has 0 atom stereocenters. The third-order valence-corrected chi connectivity index (χ3v) is 6.94. The van der Waals surface area contributed by atoms with E-state index in [2.05, 4.69) is 5.32 Å². The summed E-state index contributed by atoms with van der Waals surface area (Å²) >= 11 is 0. The van der Waals surface area contributed by atoms with Crippen LogP contribution >= 0.6 is 0 Å². The first kappa shape index (κ1) is 21.5. The van der Waals surface area contributed by atoms with Crippen molar-refractivity contribution in [1.82, 2.24) is 9.62 Å². The van der Waals surface area contributed by atoms with Crippen LogP contribution in [0.25, 0.3) is 0 Å². The molecule has 0 radical (unpaired) electrons. The largest absolute Gasteiger partial charge is 0.348 e. The normalized spacial score (nSPS) is 14.8. The number of carbonyl (C=O) groups excluding carboxylic acids is 2. The van der Waals surface area contributed by atoms with Crippen LogP contribution in [0.3, 0.4) is 0 Å². The number of carbonyl (C=O) groups is 2. The monoisotopic (exact) mass is 453 g/mol. The predicted octanol–water partition coefficient (Wildman–Crippen LogP) is 3.52. The van der Waals surface area contributed by atoms with Gasteiger partial charge in [-0.05, 0) is 41.5 Å². The number of hydrogen-bond donors (Lipinski definition) is 1. The zero-order chi connectivity index (χ0) is 22.9. The van der Waals surface area contributed by atoms with E-state index in [9.17, 15) is 22.4 Å².